The van der Waals surface area contributed by atoms with E-state index in [1.54, 1.807) is 5.56 Å². The zero-order chi connectivity index (χ0) is 37.5. The lowest BCUT2D eigenvalue weighted by atomic mass is 9.67. The van der Waals surface area contributed by atoms with E-state index in [4.69, 9.17) is 0 Å². The Labute approximate surface area is 338 Å². The summed E-state index contributed by atoms with van der Waals surface area (Å²) < 4.78 is 2.64. The van der Waals surface area contributed by atoms with E-state index in [-0.39, 0.29) is 5.41 Å². The summed E-state index contributed by atoms with van der Waals surface area (Å²) in [7, 11) is 0. The maximum atomic E-state index is 2.60. The number of para-hydroxylation sites is 1. The van der Waals surface area contributed by atoms with Gasteiger partial charge in [0.05, 0.1) is 5.69 Å². The standard InChI is InChI=1S/C55H41NS/c1-2-14-37(15-3-1)41-16-4-5-17-42(41)43-18-6-7-19-44(43)47-21-9-12-24-52(47)56(40-29-31-49-48-22-10-13-25-53(48)57-54(49)34-40)39-28-30-46-45-20-8-11-23-50(45)55(51(46)33-39)35-36-26-27-38(55)32-36/h1-25,28-31,33-34,36,38H,26-27,32,35H2. The van der Waals surface area contributed by atoms with Gasteiger partial charge in [-0.15, -0.1) is 11.3 Å². The molecule has 0 aliphatic heterocycles. The SMILES string of the molecule is c1ccc(-c2ccccc2-c2ccccc2-c2ccccc2N(c2ccc3c(c2)C2(CC4CCC2C4)c2ccccc2-3)c2ccc3c(c2)sc2ccccc23)cc1. The van der Waals surface area contributed by atoms with Crippen molar-refractivity contribution >= 4 is 48.6 Å². The van der Waals surface area contributed by atoms with Crippen molar-refractivity contribution in [2.75, 3.05) is 4.90 Å². The monoisotopic (exact) mass is 747 g/mol. The molecule has 1 aromatic heterocycles. The molecule has 0 N–H and O–H groups in total. The topological polar surface area (TPSA) is 3.24 Å². The van der Waals surface area contributed by atoms with Crippen LogP contribution >= 0.6 is 11.3 Å². The van der Waals surface area contributed by atoms with E-state index < -0.39 is 0 Å². The van der Waals surface area contributed by atoms with Crippen LogP contribution in [0.5, 0.6) is 0 Å². The molecule has 2 bridgehead atoms. The Morgan fingerprint density at radius 1 is 0.439 bits per heavy atom. The maximum Gasteiger partial charge on any atom is 0.0540 e. The smallest absolute Gasteiger partial charge is 0.0540 e. The lowest BCUT2D eigenvalue weighted by molar-refractivity contribution is 0.327. The van der Waals surface area contributed by atoms with Crippen LogP contribution in [0.2, 0.25) is 0 Å². The molecular formula is C55H41NS. The molecule has 9 aromatic rings. The molecule has 1 spiro atoms. The summed E-state index contributed by atoms with van der Waals surface area (Å²) in [5.41, 5.74) is 17.0. The fourth-order valence-electron chi connectivity index (χ4n) is 11.2. The molecule has 3 unspecified atom stereocenters. The van der Waals surface area contributed by atoms with E-state index >= 15 is 0 Å². The lowest BCUT2D eigenvalue weighted by Gasteiger charge is -2.37. The number of anilines is 3. The van der Waals surface area contributed by atoms with Crippen LogP contribution in [0.3, 0.4) is 0 Å². The van der Waals surface area contributed by atoms with Crippen LogP contribution in [-0.2, 0) is 5.41 Å². The summed E-state index contributed by atoms with van der Waals surface area (Å²) in [5, 5.41) is 2.65. The summed E-state index contributed by atoms with van der Waals surface area (Å²) in [6, 6.07) is 70.5. The van der Waals surface area contributed by atoms with Crippen molar-refractivity contribution in [1.29, 1.82) is 0 Å². The predicted molar refractivity (Wildman–Crippen MR) is 242 cm³/mol. The molecule has 3 aliphatic rings. The second-order valence-electron chi connectivity index (χ2n) is 16.4. The maximum absolute atomic E-state index is 2.60. The van der Waals surface area contributed by atoms with Gasteiger partial charge in [0.15, 0.2) is 0 Å². The van der Waals surface area contributed by atoms with E-state index in [0.29, 0.717) is 5.92 Å². The van der Waals surface area contributed by atoms with Crippen molar-refractivity contribution in [3.05, 3.63) is 199 Å². The summed E-state index contributed by atoms with van der Waals surface area (Å²) in [6.07, 6.45) is 5.34. The molecule has 0 saturated heterocycles. The second kappa shape index (κ2) is 12.9. The van der Waals surface area contributed by atoms with Gasteiger partial charge in [-0.3, -0.25) is 0 Å². The van der Waals surface area contributed by atoms with E-state index in [9.17, 15) is 0 Å². The van der Waals surface area contributed by atoms with Gasteiger partial charge in [-0.1, -0.05) is 158 Å². The minimum atomic E-state index is 0.0964. The first-order valence-electron chi connectivity index (χ1n) is 20.5. The molecule has 2 fully saturated rings. The highest BCUT2D eigenvalue weighted by Crippen LogP contribution is 2.66. The number of nitrogens with zero attached hydrogens (tertiary/aromatic N) is 1. The van der Waals surface area contributed by atoms with Crippen LogP contribution in [0.25, 0.3) is 64.7 Å². The fourth-order valence-corrected chi connectivity index (χ4v) is 12.4. The van der Waals surface area contributed by atoms with Crippen LogP contribution in [0.15, 0.2) is 188 Å². The number of thiophene rings is 1. The third-order valence-electron chi connectivity index (χ3n) is 13.6. The highest BCUT2D eigenvalue weighted by atomic mass is 32.1. The molecule has 1 nitrogen and oxygen atoms in total. The van der Waals surface area contributed by atoms with Crippen LogP contribution in [0, 0.1) is 11.8 Å². The molecule has 2 heteroatoms. The molecule has 3 atom stereocenters. The van der Waals surface area contributed by atoms with Crippen LogP contribution in [0.1, 0.15) is 36.8 Å². The molecule has 2 saturated carbocycles. The first-order chi connectivity index (χ1) is 28.2. The molecule has 0 amide bonds. The van der Waals surface area contributed by atoms with Gasteiger partial charge >= 0.3 is 0 Å². The van der Waals surface area contributed by atoms with Gasteiger partial charge in [0.1, 0.15) is 0 Å². The molecule has 1 heterocycles. The van der Waals surface area contributed by atoms with Crippen molar-refractivity contribution in [3.63, 3.8) is 0 Å². The molecule has 272 valence electrons. The van der Waals surface area contributed by atoms with Crippen LogP contribution < -0.4 is 4.90 Å². The molecule has 57 heavy (non-hydrogen) atoms. The van der Waals surface area contributed by atoms with Crippen molar-refractivity contribution in [2.45, 2.75) is 31.1 Å². The first-order valence-corrected chi connectivity index (χ1v) is 21.4. The fraction of sp³-hybridized carbons (Fsp3) is 0.127. The summed E-state index contributed by atoms with van der Waals surface area (Å²) >= 11 is 1.89. The predicted octanol–water partition coefficient (Wildman–Crippen LogP) is 15.6. The third-order valence-corrected chi connectivity index (χ3v) is 14.7. The second-order valence-corrected chi connectivity index (χ2v) is 17.5. The summed E-state index contributed by atoms with van der Waals surface area (Å²) in [5.74, 6) is 1.52. The minimum Gasteiger partial charge on any atom is -0.310 e. The molecule has 8 aromatic carbocycles. The van der Waals surface area contributed by atoms with Gasteiger partial charge in [0.25, 0.3) is 0 Å². The quantitative estimate of drug-likeness (QED) is 0.164. The van der Waals surface area contributed by atoms with Crippen molar-refractivity contribution in [1.82, 2.24) is 0 Å². The van der Waals surface area contributed by atoms with Crippen LogP contribution in [0.4, 0.5) is 17.1 Å². The van der Waals surface area contributed by atoms with E-state index in [0.717, 1.165) is 5.92 Å². The average molecular weight is 748 g/mol. The average Bonchev–Trinajstić information content (AvgIpc) is 4.06. The number of benzene rings is 8. The Morgan fingerprint density at radius 2 is 1.04 bits per heavy atom. The molecule has 3 aliphatic carbocycles. The van der Waals surface area contributed by atoms with Gasteiger partial charge in [-0.25, -0.2) is 0 Å². The Bertz CT molecular complexity index is 3010. The van der Waals surface area contributed by atoms with Gasteiger partial charge < -0.3 is 4.90 Å². The zero-order valence-corrected chi connectivity index (χ0v) is 32.6. The number of rotatable bonds is 6. The Kier molecular flexibility index (Phi) is 7.47. The molecular weight excluding hydrogens is 707 g/mol. The summed E-state index contributed by atoms with van der Waals surface area (Å²) in [4.78, 5) is 2.56. The number of hydrogen-bond donors (Lipinski definition) is 0. The lowest BCUT2D eigenvalue weighted by Crippen LogP contribution is -2.32. The minimum absolute atomic E-state index is 0.0964. The van der Waals surface area contributed by atoms with Crippen molar-refractivity contribution in [2.24, 2.45) is 11.8 Å². The van der Waals surface area contributed by atoms with Gasteiger partial charge in [-0.05, 0) is 118 Å². The summed E-state index contributed by atoms with van der Waals surface area (Å²) in [6.45, 7) is 0. The highest BCUT2D eigenvalue weighted by Gasteiger charge is 2.56. The first kappa shape index (κ1) is 33.0. The van der Waals surface area contributed by atoms with Crippen molar-refractivity contribution < 1.29 is 0 Å². The molecule has 12 rings (SSSR count). The third kappa shape index (κ3) is 5.00. The zero-order valence-electron chi connectivity index (χ0n) is 31.7. The van der Waals surface area contributed by atoms with Gasteiger partial charge in [-0.2, -0.15) is 0 Å². The number of fused-ring (bicyclic) bond motifs is 11. The highest BCUT2D eigenvalue weighted by molar-refractivity contribution is 7.25. The van der Waals surface area contributed by atoms with E-state index in [1.807, 2.05) is 11.3 Å². The number of hydrogen-bond acceptors (Lipinski definition) is 2. The van der Waals surface area contributed by atoms with Gasteiger partial charge in [0.2, 0.25) is 0 Å². The van der Waals surface area contributed by atoms with E-state index in [2.05, 4.69) is 193 Å². The van der Waals surface area contributed by atoms with Crippen LogP contribution in [-0.4, -0.2) is 0 Å². The Balaban J connectivity index is 1.09. The largest absolute Gasteiger partial charge is 0.310 e. The van der Waals surface area contributed by atoms with Crippen molar-refractivity contribution in [3.8, 4) is 44.5 Å². The normalized spacial score (nSPS) is 19.0. The van der Waals surface area contributed by atoms with Gasteiger partial charge in [0, 0.05) is 42.5 Å². The molecule has 0 radical (unpaired) electrons. The Morgan fingerprint density at radius 3 is 1.82 bits per heavy atom. The Hall–Kier alpha value is -6.22. The van der Waals surface area contributed by atoms with E-state index in [1.165, 1.54) is 113 Å².